The number of rotatable bonds is 1. The number of fused-ring (bicyclic) bond motifs is 1. The van der Waals surface area contributed by atoms with Crippen molar-refractivity contribution < 1.29 is 0 Å². The molecule has 2 aromatic rings. The Hall–Kier alpha value is -1.90. The molecule has 3 heteroatoms. The van der Waals surface area contributed by atoms with Gasteiger partial charge in [0.1, 0.15) is 5.82 Å². The number of nitrogens with zero attached hydrogens (tertiary/aromatic N) is 1. The fourth-order valence-corrected chi connectivity index (χ4v) is 2.53. The Morgan fingerprint density at radius 1 is 1.26 bits per heavy atom. The van der Waals surface area contributed by atoms with E-state index in [4.69, 9.17) is 0 Å². The smallest absolute Gasteiger partial charge is 0.251 e. The van der Waals surface area contributed by atoms with Gasteiger partial charge in [0.2, 0.25) is 0 Å². The molecule has 98 valence electrons. The van der Waals surface area contributed by atoms with Gasteiger partial charge in [-0.2, -0.15) is 0 Å². The standard InChI is InChI=1S/C16H18N2O/c1-16(2,3)13-9-14(19)18-15(17-13)12-8-10-6-4-5-7-11(10)12/h4-7,9,12H,8H2,1-3H3,(H,17,18,19). The Labute approximate surface area is 112 Å². The monoisotopic (exact) mass is 254 g/mol. The van der Waals surface area contributed by atoms with E-state index in [1.807, 2.05) is 6.07 Å². The zero-order valence-electron chi connectivity index (χ0n) is 11.5. The van der Waals surface area contributed by atoms with Crippen LogP contribution in [0.5, 0.6) is 0 Å². The summed E-state index contributed by atoms with van der Waals surface area (Å²) in [7, 11) is 0. The minimum absolute atomic E-state index is 0.0562. The van der Waals surface area contributed by atoms with Crippen LogP contribution in [0.1, 0.15) is 49.3 Å². The van der Waals surface area contributed by atoms with Gasteiger partial charge in [0.25, 0.3) is 5.56 Å². The largest absolute Gasteiger partial charge is 0.310 e. The normalized spacial score (nSPS) is 17.7. The summed E-state index contributed by atoms with van der Waals surface area (Å²) in [6, 6.07) is 9.95. The summed E-state index contributed by atoms with van der Waals surface area (Å²) >= 11 is 0. The summed E-state index contributed by atoms with van der Waals surface area (Å²) in [5.41, 5.74) is 3.34. The third-order valence-corrected chi connectivity index (χ3v) is 3.71. The van der Waals surface area contributed by atoms with Crippen LogP contribution in [-0.4, -0.2) is 9.97 Å². The van der Waals surface area contributed by atoms with Crippen molar-refractivity contribution in [1.82, 2.24) is 9.97 Å². The van der Waals surface area contributed by atoms with E-state index in [-0.39, 0.29) is 16.9 Å². The fraction of sp³-hybridized carbons (Fsp3) is 0.375. The van der Waals surface area contributed by atoms with E-state index in [0.29, 0.717) is 0 Å². The molecule has 1 N–H and O–H groups in total. The van der Waals surface area contributed by atoms with E-state index in [2.05, 4.69) is 48.9 Å². The number of nitrogens with one attached hydrogen (secondary N) is 1. The van der Waals surface area contributed by atoms with Crippen molar-refractivity contribution in [3.63, 3.8) is 0 Å². The predicted molar refractivity (Wildman–Crippen MR) is 75.5 cm³/mol. The fourth-order valence-electron chi connectivity index (χ4n) is 2.53. The topological polar surface area (TPSA) is 45.8 Å². The van der Waals surface area contributed by atoms with Crippen molar-refractivity contribution in [1.29, 1.82) is 0 Å². The molecular formula is C16H18N2O. The van der Waals surface area contributed by atoms with Gasteiger partial charge >= 0.3 is 0 Å². The first-order valence-electron chi connectivity index (χ1n) is 6.65. The zero-order chi connectivity index (χ0) is 13.6. The van der Waals surface area contributed by atoms with Crippen molar-refractivity contribution >= 4 is 0 Å². The highest BCUT2D eigenvalue weighted by Crippen LogP contribution is 2.38. The van der Waals surface area contributed by atoms with Crippen LogP contribution in [0.3, 0.4) is 0 Å². The Balaban J connectivity index is 2.04. The lowest BCUT2D eigenvalue weighted by Gasteiger charge is -2.30. The lowest BCUT2D eigenvalue weighted by molar-refractivity contribution is 0.550. The Morgan fingerprint density at radius 3 is 2.68 bits per heavy atom. The van der Waals surface area contributed by atoms with E-state index in [1.54, 1.807) is 6.07 Å². The van der Waals surface area contributed by atoms with Crippen molar-refractivity contribution in [2.24, 2.45) is 0 Å². The van der Waals surface area contributed by atoms with Gasteiger partial charge < -0.3 is 4.98 Å². The van der Waals surface area contributed by atoms with Crippen molar-refractivity contribution in [3.8, 4) is 0 Å². The summed E-state index contributed by atoms with van der Waals surface area (Å²) in [5, 5.41) is 0. The van der Waals surface area contributed by atoms with Gasteiger partial charge in [-0.05, 0) is 17.5 Å². The molecule has 1 unspecified atom stereocenters. The second kappa shape index (κ2) is 4.05. The summed E-state index contributed by atoms with van der Waals surface area (Å²) in [5.74, 6) is 1.04. The molecule has 1 atom stereocenters. The van der Waals surface area contributed by atoms with Crippen molar-refractivity contribution in [2.75, 3.05) is 0 Å². The molecule has 0 aliphatic heterocycles. The molecule has 1 aliphatic rings. The van der Waals surface area contributed by atoms with Gasteiger partial charge in [0, 0.05) is 17.4 Å². The summed E-state index contributed by atoms with van der Waals surface area (Å²) in [6.07, 6.45) is 0.965. The van der Waals surface area contributed by atoms with Crippen molar-refractivity contribution in [3.05, 3.63) is 63.3 Å². The predicted octanol–water partition coefficient (Wildman–Crippen LogP) is 2.76. The number of aromatic amines is 1. The molecule has 1 aromatic carbocycles. The average Bonchev–Trinajstić information content (AvgIpc) is 2.29. The molecule has 1 heterocycles. The zero-order valence-corrected chi connectivity index (χ0v) is 11.5. The quantitative estimate of drug-likeness (QED) is 0.850. The SMILES string of the molecule is CC(C)(C)c1cc(=O)[nH]c(C2Cc3ccccc32)n1. The molecule has 0 spiro atoms. The maximum atomic E-state index is 11.8. The van der Waals surface area contributed by atoms with Crippen LogP contribution in [0.4, 0.5) is 0 Å². The highest BCUT2D eigenvalue weighted by molar-refractivity contribution is 5.44. The molecule has 3 nitrogen and oxygen atoms in total. The molecule has 0 bridgehead atoms. The minimum Gasteiger partial charge on any atom is -0.310 e. The molecule has 0 saturated carbocycles. The minimum atomic E-state index is -0.105. The lowest BCUT2D eigenvalue weighted by Crippen LogP contribution is -2.27. The van der Waals surface area contributed by atoms with Crippen LogP contribution in [0.2, 0.25) is 0 Å². The van der Waals surface area contributed by atoms with Gasteiger partial charge in [-0.1, -0.05) is 45.0 Å². The van der Waals surface area contributed by atoms with Crippen LogP contribution in [0, 0.1) is 0 Å². The maximum absolute atomic E-state index is 11.8. The first-order valence-corrected chi connectivity index (χ1v) is 6.65. The van der Waals surface area contributed by atoms with E-state index < -0.39 is 0 Å². The molecule has 0 fully saturated rings. The van der Waals surface area contributed by atoms with Crippen molar-refractivity contribution in [2.45, 2.75) is 38.5 Å². The highest BCUT2D eigenvalue weighted by atomic mass is 16.1. The van der Waals surface area contributed by atoms with Gasteiger partial charge in [0.15, 0.2) is 0 Å². The van der Waals surface area contributed by atoms with Crippen LogP contribution in [0.25, 0.3) is 0 Å². The highest BCUT2D eigenvalue weighted by Gasteiger charge is 2.30. The molecule has 1 aliphatic carbocycles. The molecule has 0 saturated heterocycles. The summed E-state index contributed by atoms with van der Waals surface area (Å²) < 4.78 is 0. The van der Waals surface area contributed by atoms with E-state index in [9.17, 15) is 4.79 Å². The van der Waals surface area contributed by atoms with Gasteiger partial charge in [-0.25, -0.2) is 4.98 Å². The van der Waals surface area contributed by atoms with Gasteiger partial charge in [-0.15, -0.1) is 0 Å². The molecule has 0 radical (unpaired) electrons. The van der Waals surface area contributed by atoms with Gasteiger partial charge in [-0.3, -0.25) is 4.79 Å². The second-order valence-corrected chi connectivity index (χ2v) is 6.22. The number of benzene rings is 1. The lowest BCUT2D eigenvalue weighted by atomic mass is 9.77. The van der Waals surface area contributed by atoms with E-state index in [0.717, 1.165) is 17.9 Å². The van der Waals surface area contributed by atoms with Gasteiger partial charge in [0.05, 0.1) is 5.69 Å². The molecule has 19 heavy (non-hydrogen) atoms. The molecule has 0 amide bonds. The number of H-pyrrole nitrogens is 1. The first kappa shape index (κ1) is 12.2. The molecule has 3 rings (SSSR count). The number of hydrogen-bond acceptors (Lipinski definition) is 2. The van der Waals surface area contributed by atoms with Crippen LogP contribution in [0.15, 0.2) is 35.1 Å². The molecular weight excluding hydrogens is 236 g/mol. The Kier molecular flexibility index (Phi) is 2.59. The third-order valence-electron chi connectivity index (χ3n) is 3.71. The third kappa shape index (κ3) is 2.09. The first-order chi connectivity index (χ1) is 8.95. The van der Waals surface area contributed by atoms with Crippen LogP contribution < -0.4 is 5.56 Å². The van der Waals surface area contributed by atoms with E-state index >= 15 is 0 Å². The average molecular weight is 254 g/mol. The molecule has 1 aromatic heterocycles. The van der Waals surface area contributed by atoms with Crippen LogP contribution >= 0.6 is 0 Å². The summed E-state index contributed by atoms with van der Waals surface area (Å²) in [6.45, 7) is 6.23. The Bertz CT molecular complexity index is 680. The maximum Gasteiger partial charge on any atom is 0.251 e. The Morgan fingerprint density at radius 2 is 2.00 bits per heavy atom. The number of hydrogen-bond donors (Lipinski definition) is 1. The number of aromatic nitrogens is 2. The van der Waals surface area contributed by atoms with Crippen LogP contribution in [-0.2, 0) is 11.8 Å². The second-order valence-electron chi connectivity index (χ2n) is 6.22. The van der Waals surface area contributed by atoms with E-state index in [1.165, 1.54) is 11.1 Å². The summed E-state index contributed by atoms with van der Waals surface area (Å²) in [4.78, 5) is 19.4.